The van der Waals surface area contributed by atoms with E-state index in [1.807, 2.05) is 0 Å². The van der Waals surface area contributed by atoms with Crippen molar-refractivity contribution in [3.63, 3.8) is 0 Å². The van der Waals surface area contributed by atoms with Gasteiger partial charge in [0.1, 0.15) is 5.82 Å². The van der Waals surface area contributed by atoms with Crippen molar-refractivity contribution in [3.8, 4) is 10.6 Å². The standard InChI is InChI=1S/C15H16BrFN4OS.ClH/c16-10-2-3-12(17)11(7-10)14-20-21-15(23-14)19-13(22)4-1-9-5-6-18-8-9;/h2-3,7,9,18H,1,4-6,8H2,(H,19,21,22);1H. The van der Waals surface area contributed by atoms with Crippen molar-refractivity contribution >= 4 is 50.7 Å². The molecular weight excluding hydrogens is 419 g/mol. The summed E-state index contributed by atoms with van der Waals surface area (Å²) in [6, 6.07) is 4.64. The van der Waals surface area contributed by atoms with Gasteiger partial charge in [-0.2, -0.15) is 0 Å². The second-order valence-electron chi connectivity index (χ2n) is 5.48. The molecule has 1 amide bonds. The Labute approximate surface area is 158 Å². The SMILES string of the molecule is Cl.O=C(CCC1CCNC1)Nc1nnc(-c2cc(Br)ccc2F)s1. The van der Waals surface area contributed by atoms with Crippen LogP contribution < -0.4 is 10.6 Å². The Balaban J connectivity index is 0.00000208. The van der Waals surface area contributed by atoms with Crippen LogP contribution in [0.4, 0.5) is 9.52 Å². The fourth-order valence-electron chi connectivity index (χ4n) is 2.52. The molecule has 2 aromatic rings. The average molecular weight is 436 g/mol. The van der Waals surface area contributed by atoms with Crippen molar-refractivity contribution in [1.82, 2.24) is 15.5 Å². The molecule has 3 rings (SSSR count). The van der Waals surface area contributed by atoms with Gasteiger partial charge in [-0.3, -0.25) is 4.79 Å². The highest BCUT2D eigenvalue weighted by atomic mass is 79.9. The van der Waals surface area contributed by atoms with E-state index in [0.29, 0.717) is 28.0 Å². The Bertz CT molecular complexity index is 709. The van der Waals surface area contributed by atoms with E-state index in [0.717, 1.165) is 30.4 Å². The summed E-state index contributed by atoms with van der Waals surface area (Å²) in [6.45, 7) is 2.02. The van der Waals surface area contributed by atoms with Gasteiger partial charge in [-0.25, -0.2) is 4.39 Å². The van der Waals surface area contributed by atoms with Crippen LogP contribution in [-0.2, 0) is 4.79 Å². The van der Waals surface area contributed by atoms with Crippen LogP contribution in [0, 0.1) is 11.7 Å². The second-order valence-corrected chi connectivity index (χ2v) is 7.38. The predicted octanol–water partition coefficient (Wildman–Crippen LogP) is 3.86. The molecule has 5 nitrogen and oxygen atoms in total. The normalized spacial score (nSPS) is 16.7. The summed E-state index contributed by atoms with van der Waals surface area (Å²) in [5, 5.41) is 14.8. The zero-order chi connectivity index (χ0) is 16.2. The number of hydrogen-bond donors (Lipinski definition) is 2. The average Bonchev–Trinajstić information content (AvgIpc) is 3.19. The van der Waals surface area contributed by atoms with Crippen LogP contribution in [0.2, 0.25) is 0 Å². The number of carbonyl (C=O) groups excluding carboxylic acids is 1. The third kappa shape index (κ3) is 4.95. The first-order valence-electron chi connectivity index (χ1n) is 7.41. The molecule has 2 heterocycles. The van der Waals surface area contributed by atoms with E-state index in [9.17, 15) is 9.18 Å². The summed E-state index contributed by atoms with van der Waals surface area (Å²) in [7, 11) is 0. The molecule has 1 fully saturated rings. The Kier molecular flexibility index (Phi) is 7.09. The highest BCUT2D eigenvalue weighted by Gasteiger charge is 2.17. The summed E-state index contributed by atoms with van der Waals surface area (Å²) in [4.78, 5) is 12.0. The van der Waals surface area contributed by atoms with Crippen molar-refractivity contribution in [2.45, 2.75) is 19.3 Å². The first-order valence-corrected chi connectivity index (χ1v) is 9.02. The van der Waals surface area contributed by atoms with Gasteiger partial charge in [-0.1, -0.05) is 27.3 Å². The zero-order valence-corrected chi connectivity index (χ0v) is 15.9. The number of benzene rings is 1. The number of hydrogen-bond acceptors (Lipinski definition) is 5. The molecule has 1 unspecified atom stereocenters. The molecule has 0 spiro atoms. The Morgan fingerprint density at radius 3 is 3.04 bits per heavy atom. The van der Waals surface area contributed by atoms with Crippen molar-refractivity contribution in [3.05, 3.63) is 28.5 Å². The number of aromatic nitrogens is 2. The van der Waals surface area contributed by atoms with Gasteiger partial charge in [0.2, 0.25) is 11.0 Å². The molecule has 0 aliphatic carbocycles. The number of rotatable bonds is 5. The Hall–Kier alpha value is -1.09. The predicted molar refractivity (Wildman–Crippen MR) is 99.1 cm³/mol. The molecule has 1 aliphatic heterocycles. The fourth-order valence-corrected chi connectivity index (χ4v) is 3.66. The molecular formula is C15H17BrClFN4OS. The van der Waals surface area contributed by atoms with Crippen LogP contribution in [0.3, 0.4) is 0 Å². The summed E-state index contributed by atoms with van der Waals surface area (Å²) in [5.74, 6) is 0.131. The highest BCUT2D eigenvalue weighted by Crippen LogP contribution is 2.30. The lowest BCUT2D eigenvalue weighted by Crippen LogP contribution is -2.14. The summed E-state index contributed by atoms with van der Waals surface area (Å²) in [5.41, 5.74) is 0.370. The van der Waals surface area contributed by atoms with Crippen LogP contribution in [0.25, 0.3) is 10.6 Å². The lowest BCUT2D eigenvalue weighted by atomic mass is 10.0. The van der Waals surface area contributed by atoms with Crippen molar-refractivity contribution in [1.29, 1.82) is 0 Å². The number of anilines is 1. The summed E-state index contributed by atoms with van der Waals surface area (Å²) < 4.78 is 14.6. The number of nitrogens with one attached hydrogen (secondary N) is 2. The first-order chi connectivity index (χ1) is 11.1. The molecule has 1 aromatic heterocycles. The number of carbonyl (C=O) groups is 1. The van der Waals surface area contributed by atoms with E-state index in [1.165, 1.54) is 17.4 Å². The second kappa shape index (κ2) is 8.84. The molecule has 24 heavy (non-hydrogen) atoms. The van der Waals surface area contributed by atoms with E-state index in [4.69, 9.17) is 0 Å². The van der Waals surface area contributed by atoms with Gasteiger partial charge < -0.3 is 10.6 Å². The maximum Gasteiger partial charge on any atom is 0.226 e. The van der Waals surface area contributed by atoms with E-state index < -0.39 is 0 Å². The molecule has 1 aliphatic rings. The molecule has 0 radical (unpaired) electrons. The molecule has 1 saturated heterocycles. The Morgan fingerprint density at radius 2 is 2.29 bits per heavy atom. The minimum atomic E-state index is -0.365. The van der Waals surface area contributed by atoms with Gasteiger partial charge in [0.15, 0.2) is 5.01 Å². The fraction of sp³-hybridized carbons (Fsp3) is 0.400. The first kappa shape index (κ1) is 19.2. The molecule has 130 valence electrons. The number of amides is 1. The monoisotopic (exact) mass is 434 g/mol. The Morgan fingerprint density at radius 1 is 1.46 bits per heavy atom. The minimum Gasteiger partial charge on any atom is -0.316 e. The third-order valence-corrected chi connectivity index (χ3v) is 5.14. The molecule has 0 saturated carbocycles. The van der Waals surface area contributed by atoms with Crippen LogP contribution in [0.5, 0.6) is 0 Å². The van der Waals surface area contributed by atoms with E-state index >= 15 is 0 Å². The highest BCUT2D eigenvalue weighted by molar-refractivity contribution is 9.10. The lowest BCUT2D eigenvalue weighted by Gasteiger charge is -2.06. The third-order valence-electron chi connectivity index (χ3n) is 3.77. The van der Waals surface area contributed by atoms with Gasteiger partial charge >= 0.3 is 0 Å². The van der Waals surface area contributed by atoms with Crippen molar-refractivity contribution in [2.24, 2.45) is 5.92 Å². The maximum absolute atomic E-state index is 13.8. The zero-order valence-electron chi connectivity index (χ0n) is 12.7. The molecule has 1 atom stereocenters. The quantitative estimate of drug-likeness (QED) is 0.748. The van der Waals surface area contributed by atoms with E-state index in [-0.39, 0.29) is 24.1 Å². The lowest BCUT2D eigenvalue weighted by molar-refractivity contribution is -0.116. The summed E-state index contributed by atoms with van der Waals surface area (Å²) in [6.07, 6.45) is 2.45. The minimum absolute atomic E-state index is 0. The molecule has 1 aromatic carbocycles. The smallest absolute Gasteiger partial charge is 0.226 e. The van der Waals surface area contributed by atoms with E-state index in [1.54, 1.807) is 12.1 Å². The van der Waals surface area contributed by atoms with Gasteiger partial charge in [0.05, 0.1) is 0 Å². The summed E-state index contributed by atoms with van der Waals surface area (Å²) >= 11 is 4.48. The van der Waals surface area contributed by atoms with Gasteiger partial charge in [0, 0.05) is 16.5 Å². The molecule has 2 N–H and O–H groups in total. The maximum atomic E-state index is 13.8. The van der Waals surface area contributed by atoms with E-state index in [2.05, 4.69) is 36.8 Å². The largest absolute Gasteiger partial charge is 0.316 e. The molecule has 0 bridgehead atoms. The topological polar surface area (TPSA) is 66.9 Å². The van der Waals surface area contributed by atoms with Crippen LogP contribution in [0.1, 0.15) is 19.3 Å². The van der Waals surface area contributed by atoms with Gasteiger partial charge in [-0.15, -0.1) is 22.6 Å². The van der Waals surface area contributed by atoms with Crippen molar-refractivity contribution in [2.75, 3.05) is 18.4 Å². The van der Waals surface area contributed by atoms with Crippen LogP contribution in [-0.4, -0.2) is 29.2 Å². The van der Waals surface area contributed by atoms with Crippen molar-refractivity contribution < 1.29 is 9.18 Å². The van der Waals surface area contributed by atoms with Crippen LogP contribution >= 0.6 is 39.7 Å². The number of halogens is 3. The van der Waals surface area contributed by atoms with Crippen LogP contribution in [0.15, 0.2) is 22.7 Å². The van der Waals surface area contributed by atoms with Gasteiger partial charge in [-0.05, 0) is 50.0 Å². The number of nitrogens with zero attached hydrogens (tertiary/aromatic N) is 2. The van der Waals surface area contributed by atoms with Gasteiger partial charge in [0.25, 0.3) is 0 Å². The molecule has 9 heteroatoms.